The molecule has 1 fully saturated rings. The topological polar surface area (TPSA) is 71.7 Å². The van der Waals surface area contributed by atoms with E-state index in [-0.39, 0.29) is 0 Å². The summed E-state index contributed by atoms with van der Waals surface area (Å²) in [5.74, 6) is -0.459. The fourth-order valence-electron chi connectivity index (χ4n) is 3.00. The Hall–Kier alpha value is -0.930. The molecule has 3 rings (SSSR count). The molecule has 0 radical (unpaired) electrons. The maximum Gasteiger partial charge on any atom is 0.266 e. The molecule has 136 valence electrons. The highest BCUT2D eigenvalue weighted by atomic mass is 35.5. The summed E-state index contributed by atoms with van der Waals surface area (Å²) in [5.41, 5.74) is 0.703. The predicted molar refractivity (Wildman–Crippen MR) is 101 cm³/mol. The molecule has 0 spiro atoms. The zero-order valence-electron chi connectivity index (χ0n) is 13.7. The van der Waals surface area contributed by atoms with Gasteiger partial charge in [-0.15, -0.1) is 0 Å². The monoisotopic (exact) mass is 421 g/mol. The van der Waals surface area contributed by atoms with Crippen LogP contribution in [0.1, 0.15) is 19.3 Å². The number of hydrogen-bond acceptors (Lipinski definition) is 4. The average Bonchev–Trinajstić information content (AvgIpc) is 2.88. The number of piperidine rings is 1. The van der Waals surface area contributed by atoms with E-state index in [0.29, 0.717) is 33.3 Å². The molecule has 2 heterocycles. The average molecular weight is 422 g/mol. The summed E-state index contributed by atoms with van der Waals surface area (Å²) in [5, 5.41) is 1.05. The van der Waals surface area contributed by atoms with Crippen LogP contribution in [-0.2, 0) is 21.9 Å². The lowest BCUT2D eigenvalue weighted by Gasteiger charge is -2.31. The van der Waals surface area contributed by atoms with E-state index in [1.54, 1.807) is 23.7 Å². The summed E-state index contributed by atoms with van der Waals surface area (Å²) >= 11 is 13.7. The summed E-state index contributed by atoms with van der Waals surface area (Å²) in [6, 6.07) is 2.64. The van der Waals surface area contributed by atoms with Crippen molar-refractivity contribution in [1.29, 1.82) is 0 Å². The second kappa shape index (κ2) is 7.00. The third kappa shape index (κ3) is 3.64. The number of carbonyl (C=O) groups is 1. The molecule has 25 heavy (non-hydrogen) atoms. The molecule has 0 aliphatic carbocycles. The normalized spacial score (nSPS) is 20.3. The van der Waals surface area contributed by atoms with Crippen LogP contribution in [0, 0.1) is 0 Å². The number of aryl methyl sites for hydroxylation is 1. The van der Waals surface area contributed by atoms with E-state index >= 15 is 0 Å². The fourth-order valence-corrected chi connectivity index (χ4v) is 5.79. The molecule has 0 saturated carbocycles. The molecule has 1 saturated heterocycles. The molecule has 1 aromatic carbocycles. The minimum Gasteiger partial charge on any atom is -0.318 e. The van der Waals surface area contributed by atoms with Crippen molar-refractivity contribution in [3.8, 4) is 0 Å². The van der Waals surface area contributed by atoms with Gasteiger partial charge in [-0.25, -0.2) is 8.42 Å². The van der Waals surface area contributed by atoms with Crippen LogP contribution in [0.2, 0.25) is 10.0 Å². The van der Waals surface area contributed by atoms with Crippen LogP contribution in [0.5, 0.6) is 0 Å². The molecule has 6 nitrogen and oxygen atoms in total. The Kier molecular flexibility index (Phi) is 5.28. The second-order valence-corrected chi connectivity index (χ2v) is 9.71. The van der Waals surface area contributed by atoms with Crippen LogP contribution in [-0.4, -0.2) is 42.0 Å². The van der Waals surface area contributed by atoms with Crippen LogP contribution < -0.4 is 4.80 Å². The number of fused-ring (bicyclic) bond motifs is 1. The highest BCUT2D eigenvalue weighted by molar-refractivity contribution is 7.88. The van der Waals surface area contributed by atoms with Crippen molar-refractivity contribution in [3.63, 3.8) is 0 Å². The number of amides is 1. The SMILES string of the molecule is Cn1c(=NC(=O)C2CCCCN2S(C)(=O)=O)sc2c(Cl)ccc(Cl)c21. The summed E-state index contributed by atoms with van der Waals surface area (Å²) in [4.78, 5) is 17.3. The molecular formula is C15H17Cl2N3O3S2. The van der Waals surface area contributed by atoms with Crippen LogP contribution in [0.3, 0.4) is 0 Å². The zero-order valence-corrected chi connectivity index (χ0v) is 16.8. The fraction of sp³-hybridized carbons (Fsp3) is 0.467. The van der Waals surface area contributed by atoms with Gasteiger partial charge in [-0.2, -0.15) is 9.30 Å². The molecular weight excluding hydrogens is 405 g/mol. The third-order valence-electron chi connectivity index (χ3n) is 4.22. The van der Waals surface area contributed by atoms with Gasteiger partial charge in [0.2, 0.25) is 10.0 Å². The second-order valence-electron chi connectivity index (χ2n) is 5.99. The number of hydrogen-bond donors (Lipinski definition) is 0. The van der Waals surface area contributed by atoms with Gasteiger partial charge in [-0.3, -0.25) is 4.79 Å². The molecule has 1 aromatic heterocycles. The van der Waals surface area contributed by atoms with Crippen LogP contribution in [0.4, 0.5) is 0 Å². The van der Waals surface area contributed by atoms with E-state index in [2.05, 4.69) is 4.99 Å². The Balaban J connectivity index is 2.07. The van der Waals surface area contributed by atoms with Gasteiger partial charge in [0.15, 0.2) is 4.80 Å². The number of benzene rings is 1. The summed E-state index contributed by atoms with van der Waals surface area (Å²) < 4.78 is 27.6. The number of aromatic nitrogens is 1. The van der Waals surface area contributed by atoms with Crippen molar-refractivity contribution in [2.75, 3.05) is 12.8 Å². The Labute approximate surface area is 159 Å². The highest BCUT2D eigenvalue weighted by Gasteiger charge is 2.34. The lowest BCUT2D eigenvalue weighted by Crippen LogP contribution is -2.47. The van der Waals surface area contributed by atoms with E-state index in [0.717, 1.165) is 23.8 Å². The maximum atomic E-state index is 12.7. The molecule has 1 amide bonds. The van der Waals surface area contributed by atoms with E-state index in [4.69, 9.17) is 23.2 Å². The quantitative estimate of drug-likeness (QED) is 0.747. The van der Waals surface area contributed by atoms with Crippen molar-refractivity contribution in [2.45, 2.75) is 25.3 Å². The largest absolute Gasteiger partial charge is 0.318 e. The molecule has 0 N–H and O–H groups in total. The van der Waals surface area contributed by atoms with Gasteiger partial charge in [0.1, 0.15) is 6.04 Å². The van der Waals surface area contributed by atoms with Crippen molar-refractivity contribution in [3.05, 3.63) is 27.0 Å². The Morgan fingerprint density at radius 3 is 2.60 bits per heavy atom. The van der Waals surface area contributed by atoms with E-state index in [1.165, 1.54) is 15.6 Å². The van der Waals surface area contributed by atoms with Crippen LogP contribution in [0.15, 0.2) is 17.1 Å². The molecule has 10 heteroatoms. The van der Waals surface area contributed by atoms with Crippen molar-refractivity contribution in [2.24, 2.45) is 12.0 Å². The smallest absolute Gasteiger partial charge is 0.266 e. The highest BCUT2D eigenvalue weighted by Crippen LogP contribution is 2.31. The number of nitrogens with zero attached hydrogens (tertiary/aromatic N) is 3. The number of rotatable bonds is 2. The minimum atomic E-state index is -3.45. The van der Waals surface area contributed by atoms with Crippen LogP contribution >= 0.6 is 34.5 Å². The first kappa shape index (κ1) is 18.8. The first-order valence-corrected chi connectivity index (χ1v) is 11.1. The van der Waals surface area contributed by atoms with E-state index < -0.39 is 22.0 Å². The molecule has 1 unspecified atom stereocenters. The van der Waals surface area contributed by atoms with E-state index in [1.807, 2.05) is 0 Å². The number of carbonyl (C=O) groups excluding carboxylic acids is 1. The lowest BCUT2D eigenvalue weighted by atomic mass is 10.0. The first-order chi connectivity index (χ1) is 11.7. The Morgan fingerprint density at radius 2 is 1.96 bits per heavy atom. The Morgan fingerprint density at radius 1 is 1.28 bits per heavy atom. The lowest BCUT2D eigenvalue weighted by molar-refractivity contribution is -0.122. The van der Waals surface area contributed by atoms with Crippen LogP contribution in [0.25, 0.3) is 10.2 Å². The van der Waals surface area contributed by atoms with Gasteiger partial charge in [-0.1, -0.05) is 41.0 Å². The summed E-state index contributed by atoms with van der Waals surface area (Å²) in [7, 11) is -1.70. The molecule has 1 aliphatic heterocycles. The molecule has 2 aromatic rings. The number of sulfonamides is 1. The summed E-state index contributed by atoms with van der Waals surface area (Å²) in [6.07, 6.45) is 3.15. The standard InChI is InChI=1S/C15H17Cl2N3O3S2/c1-19-12-9(16)6-7-10(17)13(12)24-15(19)18-14(21)11-5-3-4-8-20(11)25(2,22)23/h6-7,11H,3-5,8H2,1-2H3. The van der Waals surface area contributed by atoms with Gasteiger partial charge >= 0.3 is 0 Å². The van der Waals surface area contributed by atoms with E-state index in [9.17, 15) is 13.2 Å². The number of thiazole rings is 1. The van der Waals surface area contributed by atoms with Gasteiger partial charge < -0.3 is 4.57 Å². The molecule has 1 atom stereocenters. The minimum absolute atomic E-state index is 0.348. The maximum absolute atomic E-state index is 12.7. The van der Waals surface area contributed by atoms with Gasteiger partial charge in [0.25, 0.3) is 5.91 Å². The van der Waals surface area contributed by atoms with Gasteiger partial charge in [0, 0.05) is 13.6 Å². The summed E-state index contributed by atoms with van der Waals surface area (Å²) in [6.45, 7) is 0.348. The molecule has 1 aliphatic rings. The van der Waals surface area contributed by atoms with Crippen molar-refractivity contribution >= 4 is 60.7 Å². The Bertz CT molecular complexity index is 1010. The van der Waals surface area contributed by atoms with Crippen molar-refractivity contribution < 1.29 is 13.2 Å². The number of halogens is 2. The molecule has 0 bridgehead atoms. The zero-order chi connectivity index (χ0) is 18.4. The first-order valence-electron chi connectivity index (χ1n) is 7.69. The third-order valence-corrected chi connectivity index (χ3v) is 7.41. The predicted octanol–water partition coefficient (Wildman–Crippen LogP) is 2.79. The van der Waals surface area contributed by atoms with Gasteiger partial charge in [-0.05, 0) is 25.0 Å². The van der Waals surface area contributed by atoms with Gasteiger partial charge in [0.05, 0.1) is 26.5 Å². The van der Waals surface area contributed by atoms with Crippen molar-refractivity contribution in [1.82, 2.24) is 8.87 Å².